The van der Waals surface area contributed by atoms with Gasteiger partial charge in [-0.2, -0.15) is 0 Å². The zero-order chi connectivity index (χ0) is 21.5. The lowest BCUT2D eigenvalue weighted by atomic mass is 10.1. The smallest absolute Gasteiger partial charge is 0.262 e. The van der Waals surface area contributed by atoms with Crippen LogP contribution in [0.3, 0.4) is 0 Å². The van der Waals surface area contributed by atoms with Crippen molar-refractivity contribution in [2.75, 3.05) is 43.0 Å². The number of aryl methyl sites for hydroxylation is 1. The monoisotopic (exact) mass is 409 g/mol. The van der Waals surface area contributed by atoms with Crippen LogP contribution in [0.25, 0.3) is 0 Å². The first kappa shape index (κ1) is 21.7. The molecule has 1 heterocycles. The molecule has 0 spiro atoms. The standard InChI is InChI=1S/C24H31N3O3/c1-4-19-9-11-20(12-10-19)30-17-23(28)25-21-7-5-6-8-22(21)26-13-15-27(16-14-26)24(29)18(2)3/h5-12,18H,4,13-17H2,1-3H3,(H,25,28). The molecule has 0 aromatic heterocycles. The lowest BCUT2D eigenvalue weighted by Crippen LogP contribution is -2.50. The summed E-state index contributed by atoms with van der Waals surface area (Å²) in [6, 6.07) is 15.5. The molecule has 1 aliphatic rings. The predicted molar refractivity (Wildman–Crippen MR) is 120 cm³/mol. The maximum absolute atomic E-state index is 12.5. The number of hydrogen-bond acceptors (Lipinski definition) is 4. The minimum atomic E-state index is -0.198. The van der Waals surface area contributed by atoms with Crippen LogP contribution in [0.1, 0.15) is 26.3 Å². The lowest BCUT2D eigenvalue weighted by Gasteiger charge is -2.37. The minimum Gasteiger partial charge on any atom is -0.484 e. The fraction of sp³-hybridized carbons (Fsp3) is 0.417. The van der Waals surface area contributed by atoms with E-state index in [0.717, 1.165) is 30.9 Å². The number of hydrogen-bond donors (Lipinski definition) is 1. The summed E-state index contributed by atoms with van der Waals surface area (Å²) in [5.74, 6) is 0.693. The number of carbonyl (C=O) groups is 2. The van der Waals surface area contributed by atoms with Crippen LogP contribution < -0.4 is 15.0 Å². The third kappa shape index (κ3) is 5.53. The third-order valence-electron chi connectivity index (χ3n) is 5.31. The Kier molecular flexibility index (Phi) is 7.33. The van der Waals surface area contributed by atoms with Crippen molar-refractivity contribution in [3.05, 3.63) is 54.1 Å². The molecule has 1 fully saturated rings. The Labute approximate surface area is 178 Å². The maximum atomic E-state index is 12.5. The molecule has 0 bridgehead atoms. The highest BCUT2D eigenvalue weighted by Gasteiger charge is 2.24. The summed E-state index contributed by atoms with van der Waals surface area (Å²) >= 11 is 0. The number of para-hydroxylation sites is 2. The second kappa shape index (κ2) is 10.1. The number of carbonyl (C=O) groups excluding carboxylic acids is 2. The van der Waals surface area contributed by atoms with Crippen molar-refractivity contribution < 1.29 is 14.3 Å². The van der Waals surface area contributed by atoms with E-state index in [1.54, 1.807) is 0 Å². The molecule has 2 amide bonds. The van der Waals surface area contributed by atoms with Crippen molar-refractivity contribution in [2.45, 2.75) is 27.2 Å². The molecule has 0 radical (unpaired) electrons. The highest BCUT2D eigenvalue weighted by atomic mass is 16.5. The molecule has 2 aromatic carbocycles. The Hall–Kier alpha value is -3.02. The van der Waals surface area contributed by atoms with E-state index in [4.69, 9.17) is 4.74 Å². The van der Waals surface area contributed by atoms with E-state index in [1.165, 1.54) is 5.56 Å². The third-order valence-corrected chi connectivity index (χ3v) is 5.31. The van der Waals surface area contributed by atoms with Crippen LogP contribution in [0.15, 0.2) is 48.5 Å². The van der Waals surface area contributed by atoms with Crippen molar-refractivity contribution in [1.82, 2.24) is 4.90 Å². The number of nitrogens with one attached hydrogen (secondary N) is 1. The Morgan fingerprint density at radius 2 is 1.67 bits per heavy atom. The van der Waals surface area contributed by atoms with Gasteiger partial charge in [0.2, 0.25) is 5.91 Å². The molecule has 1 saturated heterocycles. The molecule has 2 aromatic rings. The fourth-order valence-corrected chi connectivity index (χ4v) is 3.54. The van der Waals surface area contributed by atoms with Crippen molar-refractivity contribution in [1.29, 1.82) is 0 Å². The topological polar surface area (TPSA) is 61.9 Å². The van der Waals surface area contributed by atoms with Crippen LogP contribution >= 0.6 is 0 Å². The molecular weight excluding hydrogens is 378 g/mol. The van der Waals surface area contributed by atoms with Gasteiger partial charge in [-0.3, -0.25) is 9.59 Å². The normalized spacial score (nSPS) is 14.0. The molecule has 0 unspecified atom stereocenters. The van der Waals surface area contributed by atoms with Crippen LogP contribution in [0.2, 0.25) is 0 Å². The van der Waals surface area contributed by atoms with Gasteiger partial charge in [0.15, 0.2) is 6.61 Å². The Bertz CT molecular complexity index is 856. The zero-order valence-electron chi connectivity index (χ0n) is 18.1. The Balaban J connectivity index is 1.57. The average Bonchev–Trinajstić information content (AvgIpc) is 2.78. The average molecular weight is 410 g/mol. The lowest BCUT2D eigenvalue weighted by molar-refractivity contribution is -0.134. The number of rotatable bonds is 7. The van der Waals surface area contributed by atoms with Crippen LogP contribution in [0.5, 0.6) is 5.75 Å². The van der Waals surface area contributed by atoms with Crippen LogP contribution in [-0.2, 0) is 16.0 Å². The number of benzene rings is 2. The Morgan fingerprint density at radius 1 is 1.00 bits per heavy atom. The molecule has 3 rings (SSSR count). The molecule has 1 aliphatic heterocycles. The summed E-state index contributed by atoms with van der Waals surface area (Å²) in [7, 11) is 0. The minimum absolute atomic E-state index is 0.0151. The molecular formula is C24H31N3O3. The van der Waals surface area contributed by atoms with Gasteiger partial charge in [0.25, 0.3) is 5.91 Å². The first-order chi connectivity index (χ1) is 14.5. The first-order valence-corrected chi connectivity index (χ1v) is 10.6. The Morgan fingerprint density at radius 3 is 2.30 bits per heavy atom. The molecule has 1 N–H and O–H groups in total. The van der Waals surface area contributed by atoms with Crippen molar-refractivity contribution in [2.24, 2.45) is 5.92 Å². The van der Waals surface area contributed by atoms with Gasteiger partial charge in [0.05, 0.1) is 11.4 Å². The summed E-state index contributed by atoms with van der Waals surface area (Å²) in [5.41, 5.74) is 2.96. The van der Waals surface area contributed by atoms with Gasteiger partial charge in [-0.05, 0) is 36.2 Å². The number of amides is 2. The predicted octanol–water partition coefficient (Wildman–Crippen LogP) is 3.57. The van der Waals surface area contributed by atoms with E-state index in [9.17, 15) is 9.59 Å². The van der Waals surface area contributed by atoms with Gasteiger partial charge >= 0.3 is 0 Å². The maximum Gasteiger partial charge on any atom is 0.262 e. The fourth-order valence-electron chi connectivity index (χ4n) is 3.54. The molecule has 0 atom stereocenters. The summed E-state index contributed by atoms with van der Waals surface area (Å²) in [4.78, 5) is 28.8. The quantitative estimate of drug-likeness (QED) is 0.759. The number of nitrogens with zero attached hydrogens (tertiary/aromatic N) is 2. The van der Waals surface area contributed by atoms with E-state index in [-0.39, 0.29) is 24.3 Å². The second-order valence-electron chi connectivity index (χ2n) is 7.82. The number of ether oxygens (including phenoxy) is 1. The highest BCUT2D eigenvalue weighted by Crippen LogP contribution is 2.27. The van der Waals surface area contributed by atoms with Crippen LogP contribution in [0, 0.1) is 5.92 Å². The largest absolute Gasteiger partial charge is 0.484 e. The molecule has 6 heteroatoms. The number of piperazine rings is 1. The van der Waals surface area contributed by atoms with Gasteiger partial charge in [-0.1, -0.05) is 45.0 Å². The second-order valence-corrected chi connectivity index (χ2v) is 7.82. The van der Waals surface area contributed by atoms with Crippen LogP contribution in [-0.4, -0.2) is 49.5 Å². The van der Waals surface area contributed by atoms with E-state index in [1.807, 2.05) is 67.3 Å². The van der Waals surface area contributed by atoms with E-state index in [0.29, 0.717) is 18.8 Å². The van der Waals surface area contributed by atoms with Gasteiger partial charge in [-0.25, -0.2) is 0 Å². The summed E-state index contributed by atoms with van der Waals surface area (Å²) in [6.45, 7) is 8.78. The van der Waals surface area contributed by atoms with Gasteiger partial charge in [-0.15, -0.1) is 0 Å². The summed E-state index contributed by atoms with van der Waals surface area (Å²) in [6.07, 6.45) is 0.970. The van der Waals surface area contributed by atoms with E-state index < -0.39 is 0 Å². The molecule has 6 nitrogen and oxygen atoms in total. The van der Waals surface area contributed by atoms with Gasteiger partial charge < -0.3 is 19.9 Å². The first-order valence-electron chi connectivity index (χ1n) is 10.6. The number of anilines is 2. The van der Waals surface area contributed by atoms with E-state index in [2.05, 4.69) is 17.1 Å². The summed E-state index contributed by atoms with van der Waals surface area (Å²) < 4.78 is 5.62. The molecule has 0 saturated carbocycles. The van der Waals surface area contributed by atoms with Crippen molar-refractivity contribution in [3.63, 3.8) is 0 Å². The zero-order valence-corrected chi connectivity index (χ0v) is 18.1. The molecule has 30 heavy (non-hydrogen) atoms. The van der Waals surface area contributed by atoms with Crippen molar-refractivity contribution in [3.8, 4) is 5.75 Å². The van der Waals surface area contributed by atoms with Crippen molar-refractivity contribution >= 4 is 23.2 Å². The van der Waals surface area contributed by atoms with Gasteiger partial charge in [0.1, 0.15) is 5.75 Å². The highest BCUT2D eigenvalue weighted by molar-refractivity contribution is 5.95. The van der Waals surface area contributed by atoms with Gasteiger partial charge in [0, 0.05) is 32.1 Å². The molecule has 160 valence electrons. The SMILES string of the molecule is CCc1ccc(OCC(=O)Nc2ccccc2N2CCN(C(=O)C(C)C)CC2)cc1. The summed E-state index contributed by atoms with van der Waals surface area (Å²) in [5, 5.41) is 2.97. The van der Waals surface area contributed by atoms with Crippen LogP contribution in [0.4, 0.5) is 11.4 Å². The van der Waals surface area contributed by atoms with E-state index >= 15 is 0 Å². The molecule has 0 aliphatic carbocycles.